The molecule has 0 N–H and O–H groups in total. The van der Waals surface area contributed by atoms with Crippen molar-refractivity contribution in [1.82, 2.24) is 19.8 Å². The summed E-state index contributed by atoms with van der Waals surface area (Å²) in [7, 11) is 0. The maximum absolute atomic E-state index is 12.5. The molecule has 2 saturated heterocycles. The molecule has 0 spiro atoms. The van der Waals surface area contributed by atoms with Crippen molar-refractivity contribution in [2.45, 2.75) is 0 Å². The number of nitrogens with zero attached hydrogens (tertiary/aromatic N) is 4. The molecule has 2 aromatic heterocycles. The summed E-state index contributed by atoms with van der Waals surface area (Å²) in [5.74, 6) is 0.691. The Morgan fingerprint density at radius 1 is 0.957 bits per heavy atom. The van der Waals surface area contributed by atoms with Crippen LogP contribution >= 0.6 is 11.3 Å². The van der Waals surface area contributed by atoms with E-state index in [1.165, 1.54) is 11.3 Å². The number of hydrogen-bond donors (Lipinski definition) is 0. The highest BCUT2D eigenvalue weighted by Crippen LogP contribution is 2.32. The quantitative estimate of drug-likeness (QED) is 0.835. The summed E-state index contributed by atoms with van der Waals surface area (Å²) < 4.78 is 0. The van der Waals surface area contributed by atoms with Gasteiger partial charge in [-0.2, -0.15) is 0 Å². The monoisotopic (exact) mass is 328 g/mol. The van der Waals surface area contributed by atoms with Crippen LogP contribution in [0.25, 0.3) is 0 Å². The van der Waals surface area contributed by atoms with Crippen LogP contribution in [0, 0.1) is 11.8 Å². The van der Waals surface area contributed by atoms with Crippen LogP contribution in [0.15, 0.2) is 35.3 Å². The molecule has 2 aliphatic rings. The number of carbonyl (C=O) groups is 2. The number of fused-ring (bicyclic) bond motifs is 1. The van der Waals surface area contributed by atoms with Crippen molar-refractivity contribution in [3.8, 4) is 0 Å². The molecule has 23 heavy (non-hydrogen) atoms. The van der Waals surface area contributed by atoms with Crippen molar-refractivity contribution in [2.75, 3.05) is 26.2 Å². The molecule has 0 aliphatic carbocycles. The third-order valence-corrected chi connectivity index (χ3v) is 5.18. The van der Waals surface area contributed by atoms with Crippen molar-refractivity contribution < 1.29 is 9.59 Å². The van der Waals surface area contributed by atoms with E-state index in [4.69, 9.17) is 0 Å². The number of hydrogen-bond acceptors (Lipinski definition) is 5. The molecule has 2 atom stereocenters. The van der Waals surface area contributed by atoms with E-state index < -0.39 is 0 Å². The molecule has 0 unspecified atom stereocenters. The first-order chi connectivity index (χ1) is 11.2. The van der Waals surface area contributed by atoms with Gasteiger partial charge in [-0.25, -0.2) is 4.98 Å². The van der Waals surface area contributed by atoms with Gasteiger partial charge in [0.2, 0.25) is 0 Å². The lowest BCUT2D eigenvalue weighted by Gasteiger charge is -2.21. The Labute approximate surface area is 137 Å². The molecule has 2 amide bonds. The molecule has 0 bridgehead atoms. The lowest BCUT2D eigenvalue weighted by Crippen LogP contribution is -2.36. The van der Waals surface area contributed by atoms with E-state index in [0.717, 1.165) is 0 Å². The van der Waals surface area contributed by atoms with Crippen LogP contribution in [-0.2, 0) is 0 Å². The van der Waals surface area contributed by atoms with Gasteiger partial charge in [0.1, 0.15) is 11.4 Å². The second-order valence-electron chi connectivity index (χ2n) is 6.03. The zero-order chi connectivity index (χ0) is 15.8. The average molecular weight is 328 g/mol. The fourth-order valence-corrected chi connectivity index (χ4v) is 3.98. The molecule has 118 valence electrons. The highest BCUT2D eigenvalue weighted by molar-refractivity contribution is 7.07. The molecule has 2 fully saturated rings. The van der Waals surface area contributed by atoms with Crippen molar-refractivity contribution in [3.63, 3.8) is 0 Å². The number of thiazole rings is 1. The summed E-state index contributed by atoms with van der Waals surface area (Å²) in [6.07, 6.45) is 1.64. The topological polar surface area (TPSA) is 66.4 Å². The molecule has 0 aromatic carbocycles. The van der Waals surface area contributed by atoms with Gasteiger partial charge in [-0.05, 0) is 12.1 Å². The van der Waals surface area contributed by atoms with Crippen LogP contribution in [0.1, 0.15) is 21.0 Å². The van der Waals surface area contributed by atoms with Gasteiger partial charge >= 0.3 is 0 Å². The lowest BCUT2D eigenvalue weighted by atomic mass is 10.0. The van der Waals surface area contributed by atoms with E-state index in [0.29, 0.717) is 49.4 Å². The van der Waals surface area contributed by atoms with Gasteiger partial charge in [-0.3, -0.25) is 14.6 Å². The molecule has 0 radical (unpaired) electrons. The van der Waals surface area contributed by atoms with Crippen LogP contribution < -0.4 is 0 Å². The molecule has 4 rings (SSSR count). The second kappa shape index (κ2) is 5.73. The maximum atomic E-state index is 12.5. The van der Waals surface area contributed by atoms with Crippen molar-refractivity contribution in [3.05, 3.63) is 46.7 Å². The molecule has 2 aliphatic heterocycles. The van der Waals surface area contributed by atoms with E-state index in [9.17, 15) is 9.59 Å². The smallest absolute Gasteiger partial charge is 0.273 e. The fraction of sp³-hybridized carbons (Fsp3) is 0.375. The van der Waals surface area contributed by atoms with Crippen molar-refractivity contribution >= 4 is 23.2 Å². The molecule has 4 heterocycles. The minimum Gasteiger partial charge on any atom is -0.337 e. The number of aromatic nitrogens is 2. The van der Waals surface area contributed by atoms with Crippen molar-refractivity contribution in [2.24, 2.45) is 11.8 Å². The highest BCUT2D eigenvalue weighted by atomic mass is 32.1. The zero-order valence-corrected chi connectivity index (χ0v) is 13.3. The van der Waals surface area contributed by atoms with E-state index in [1.54, 1.807) is 29.2 Å². The SMILES string of the molecule is O=C(c1ccccn1)N1C[C@@H]2CN(C(=O)c3cscn3)C[C@H]2C1. The molecule has 0 saturated carbocycles. The Bertz CT molecular complexity index is 705. The summed E-state index contributed by atoms with van der Waals surface area (Å²) in [6, 6.07) is 5.37. The van der Waals surface area contributed by atoms with Crippen molar-refractivity contribution in [1.29, 1.82) is 0 Å². The van der Waals surface area contributed by atoms with E-state index >= 15 is 0 Å². The van der Waals surface area contributed by atoms with Gasteiger partial charge in [0, 0.05) is 49.6 Å². The van der Waals surface area contributed by atoms with E-state index in [1.807, 2.05) is 15.9 Å². The summed E-state index contributed by atoms with van der Waals surface area (Å²) >= 11 is 1.43. The third-order valence-electron chi connectivity index (χ3n) is 4.60. The molecular weight excluding hydrogens is 312 g/mol. The first-order valence-electron chi connectivity index (χ1n) is 7.60. The summed E-state index contributed by atoms with van der Waals surface area (Å²) in [4.78, 5) is 36.8. The van der Waals surface area contributed by atoms with Gasteiger partial charge in [-0.1, -0.05) is 6.07 Å². The summed E-state index contributed by atoms with van der Waals surface area (Å²) in [5.41, 5.74) is 2.69. The summed E-state index contributed by atoms with van der Waals surface area (Å²) in [6.45, 7) is 2.79. The highest BCUT2D eigenvalue weighted by Gasteiger charge is 2.43. The Balaban J connectivity index is 1.40. The van der Waals surface area contributed by atoms with E-state index in [2.05, 4.69) is 9.97 Å². The van der Waals surface area contributed by atoms with Crippen LogP contribution in [0.5, 0.6) is 0 Å². The van der Waals surface area contributed by atoms with Crippen LogP contribution in [0.2, 0.25) is 0 Å². The lowest BCUT2D eigenvalue weighted by molar-refractivity contribution is 0.0733. The van der Waals surface area contributed by atoms with Gasteiger partial charge in [-0.15, -0.1) is 11.3 Å². The van der Waals surface area contributed by atoms with Crippen LogP contribution in [0.3, 0.4) is 0 Å². The van der Waals surface area contributed by atoms with Gasteiger partial charge in [0.25, 0.3) is 11.8 Å². The number of rotatable bonds is 2. The van der Waals surface area contributed by atoms with Crippen LogP contribution in [0.4, 0.5) is 0 Å². The number of amides is 2. The van der Waals surface area contributed by atoms with Gasteiger partial charge < -0.3 is 9.80 Å². The number of likely N-dealkylation sites (tertiary alicyclic amines) is 2. The maximum Gasteiger partial charge on any atom is 0.273 e. The minimum absolute atomic E-state index is 0.00301. The Morgan fingerprint density at radius 3 is 2.13 bits per heavy atom. The predicted octanol–water partition coefficient (Wildman–Crippen LogP) is 1.38. The molecule has 7 heteroatoms. The number of carbonyl (C=O) groups excluding carboxylic acids is 2. The number of pyridine rings is 1. The summed E-state index contributed by atoms with van der Waals surface area (Å²) in [5, 5.41) is 1.79. The van der Waals surface area contributed by atoms with E-state index in [-0.39, 0.29) is 11.8 Å². The first kappa shape index (κ1) is 14.3. The molecule has 6 nitrogen and oxygen atoms in total. The zero-order valence-electron chi connectivity index (χ0n) is 12.5. The normalized spacial score (nSPS) is 23.1. The second-order valence-corrected chi connectivity index (χ2v) is 6.75. The third kappa shape index (κ3) is 2.61. The standard InChI is InChI=1S/C16H16N4O2S/c21-15(13-3-1-2-4-17-13)19-5-11-7-20(8-12(11)6-19)16(22)14-9-23-10-18-14/h1-4,9-12H,5-8H2/t11-,12-/m1/s1. The Hall–Kier alpha value is -2.28. The minimum atomic E-state index is -0.0163. The van der Waals surface area contributed by atoms with Gasteiger partial charge in [0.15, 0.2) is 0 Å². The fourth-order valence-electron chi connectivity index (χ4n) is 3.46. The predicted molar refractivity (Wildman–Crippen MR) is 85.1 cm³/mol. The average Bonchev–Trinajstić information content (AvgIpc) is 3.29. The Kier molecular flexibility index (Phi) is 3.57. The first-order valence-corrected chi connectivity index (χ1v) is 8.54. The molecular formula is C16H16N4O2S. The van der Waals surface area contributed by atoms with Gasteiger partial charge in [0.05, 0.1) is 5.51 Å². The largest absolute Gasteiger partial charge is 0.337 e. The Morgan fingerprint density at radius 2 is 1.61 bits per heavy atom. The molecule has 2 aromatic rings. The van der Waals surface area contributed by atoms with Crippen LogP contribution in [-0.4, -0.2) is 57.8 Å².